The van der Waals surface area contributed by atoms with Crippen LogP contribution < -0.4 is 16.8 Å². The average Bonchev–Trinajstić information content (AvgIpc) is 3.32. The van der Waals surface area contributed by atoms with Crippen LogP contribution >= 0.6 is 0 Å². The zero-order valence-corrected chi connectivity index (χ0v) is 23.2. The van der Waals surface area contributed by atoms with Gasteiger partial charge < -0.3 is 30.8 Å². The molecule has 1 saturated heterocycles. The van der Waals surface area contributed by atoms with Gasteiger partial charge in [-0.3, -0.25) is 0 Å². The maximum atomic E-state index is 12.9. The van der Waals surface area contributed by atoms with Gasteiger partial charge in [-0.15, -0.1) is 0 Å². The maximum absolute atomic E-state index is 12.9. The summed E-state index contributed by atoms with van der Waals surface area (Å²) in [5.74, 6) is -0.0120. The number of aryl methyl sites for hydroxylation is 1. The van der Waals surface area contributed by atoms with Crippen molar-refractivity contribution in [2.45, 2.75) is 51.7 Å². The predicted octanol–water partition coefficient (Wildman–Crippen LogP) is 5.71. The second-order valence-electron chi connectivity index (χ2n) is 11.3. The highest BCUT2D eigenvalue weighted by molar-refractivity contribution is 6.56. The molecule has 8 heteroatoms. The Balaban J connectivity index is 1.32. The summed E-state index contributed by atoms with van der Waals surface area (Å²) < 4.78 is 18.3. The van der Waals surface area contributed by atoms with Crippen LogP contribution in [0.15, 0.2) is 66.1 Å². The number of alkyl carbamates (subject to hydrolysis) is 1. The maximum Gasteiger partial charge on any atom is 0.492 e. The molecule has 1 fully saturated rings. The van der Waals surface area contributed by atoms with E-state index in [0.717, 1.165) is 16.6 Å². The lowest BCUT2D eigenvalue weighted by atomic mass is 9.77. The number of ether oxygens (including phenoxy) is 1. The van der Waals surface area contributed by atoms with Crippen molar-refractivity contribution in [1.29, 1.82) is 0 Å². The third kappa shape index (κ3) is 5.14. The van der Waals surface area contributed by atoms with E-state index in [2.05, 4.69) is 29.6 Å². The first-order chi connectivity index (χ1) is 18.5. The van der Waals surface area contributed by atoms with E-state index in [0.29, 0.717) is 11.4 Å². The van der Waals surface area contributed by atoms with Crippen LogP contribution in [0.25, 0.3) is 17.2 Å². The van der Waals surface area contributed by atoms with Crippen LogP contribution in [0, 0.1) is 6.92 Å². The molecule has 3 aromatic carbocycles. The van der Waals surface area contributed by atoms with Gasteiger partial charge in [-0.05, 0) is 85.6 Å². The minimum absolute atomic E-state index is 0.0120. The second kappa shape index (κ2) is 10.1. The van der Waals surface area contributed by atoms with Crippen LogP contribution in [-0.4, -0.2) is 37.6 Å². The summed E-state index contributed by atoms with van der Waals surface area (Å²) in [5, 5.41) is 2.90. The number of hydrogen-bond donors (Lipinski definition) is 3. The van der Waals surface area contributed by atoms with E-state index in [4.69, 9.17) is 25.5 Å². The Labute approximate surface area is 230 Å². The lowest BCUT2D eigenvalue weighted by molar-refractivity contribution is 0.00578. The van der Waals surface area contributed by atoms with Gasteiger partial charge in [0.05, 0.1) is 22.6 Å². The number of rotatable bonds is 6. The number of nitrogens with one attached hydrogen (secondary N) is 1. The molecule has 5 N–H and O–H groups in total. The molecule has 0 saturated carbocycles. The van der Waals surface area contributed by atoms with Gasteiger partial charge in [0.15, 0.2) is 0 Å². The predicted molar refractivity (Wildman–Crippen MR) is 157 cm³/mol. The number of carbonyl (C=O) groups is 1. The molecule has 0 radical (unpaired) electrons. The fourth-order valence-corrected chi connectivity index (χ4v) is 5.17. The van der Waals surface area contributed by atoms with E-state index >= 15 is 0 Å². The SMILES string of the molecule is Cc1cc(C=C(CNC(=O)OCC2c3ccccc3-c3ccccc32)B2OC(C)(C)C(C)(C)O2)cc(N)c1N. The molecule has 0 spiro atoms. The lowest BCUT2D eigenvalue weighted by Gasteiger charge is -2.32. The molecule has 1 aliphatic heterocycles. The Morgan fingerprint density at radius 3 is 2.10 bits per heavy atom. The molecule has 3 aromatic rings. The van der Waals surface area contributed by atoms with Crippen molar-refractivity contribution in [2.24, 2.45) is 0 Å². The summed E-state index contributed by atoms with van der Waals surface area (Å²) in [5.41, 5.74) is 19.3. The third-order valence-corrected chi connectivity index (χ3v) is 8.13. The monoisotopic (exact) mass is 525 g/mol. The van der Waals surface area contributed by atoms with Crippen LogP contribution in [0.3, 0.4) is 0 Å². The quantitative estimate of drug-likeness (QED) is 0.281. The smallest absolute Gasteiger partial charge is 0.449 e. The zero-order chi connectivity index (χ0) is 27.9. The van der Waals surface area contributed by atoms with Gasteiger partial charge >= 0.3 is 13.2 Å². The summed E-state index contributed by atoms with van der Waals surface area (Å²) in [4.78, 5) is 12.9. The van der Waals surface area contributed by atoms with E-state index < -0.39 is 24.4 Å². The number of nitrogen functional groups attached to an aromatic ring is 2. The van der Waals surface area contributed by atoms with Crippen LogP contribution in [0.2, 0.25) is 0 Å². The van der Waals surface area contributed by atoms with Crippen molar-refractivity contribution in [3.05, 3.63) is 88.4 Å². The molecule has 0 aromatic heterocycles. The molecule has 0 bridgehead atoms. The van der Waals surface area contributed by atoms with Crippen molar-refractivity contribution in [1.82, 2.24) is 5.32 Å². The van der Waals surface area contributed by atoms with Crippen LogP contribution in [-0.2, 0) is 14.0 Å². The standard InChI is InChI=1S/C31H36BN3O4/c1-19-14-20(16-27(33)28(19)34)15-21(32-38-30(2,3)31(4,5)39-32)17-35-29(36)37-18-26-24-12-8-6-10-22(24)23-11-7-9-13-25(23)26/h6-16,26H,17-18,33-34H2,1-5H3,(H,35,36). The summed E-state index contributed by atoms with van der Waals surface area (Å²) in [7, 11) is -0.650. The highest BCUT2D eigenvalue weighted by Gasteiger charge is 2.52. The number of anilines is 2. The Hall–Kier alpha value is -3.75. The van der Waals surface area contributed by atoms with Crippen molar-refractivity contribution in [3.63, 3.8) is 0 Å². The van der Waals surface area contributed by atoms with E-state index in [-0.39, 0.29) is 19.1 Å². The van der Waals surface area contributed by atoms with E-state index in [1.54, 1.807) is 6.07 Å². The molecular formula is C31H36BN3O4. The molecule has 39 heavy (non-hydrogen) atoms. The summed E-state index contributed by atoms with van der Waals surface area (Å²) >= 11 is 0. The van der Waals surface area contributed by atoms with Crippen molar-refractivity contribution in [2.75, 3.05) is 24.6 Å². The molecule has 7 nitrogen and oxygen atoms in total. The van der Waals surface area contributed by atoms with Crippen molar-refractivity contribution in [3.8, 4) is 11.1 Å². The van der Waals surface area contributed by atoms with E-state index in [1.807, 2.05) is 71.0 Å². The number of nitrogens with two attached hydrogens (primary N) is 2. The van der Waals surface area contributed by atoms with Gasteiger partial charge in [0.2, 0.25) is 0 Å². The Morgan fingerprint density at radius 1 is 0.974 bits per heavy atom. The van der Waals surface area contributed by atoms with E-state index in [9.17, 15) is 4.79 Å². The number of benzene rings is 3. The van der Waals surface area contributed by atoms with Crippen LogP contribution in [0.1, 0.15) is 55.9 Å². The van der Waals surface area contributed by atoms with Gasteiger partial charge in [-0.2, -0.15) is 0 Å². The summed E-state index contributed by atoms with van der Waals surface area (Å²) in [6, 6.07) is 20.3. The molecule has 5 rings (SSSR count). The highest BCUT2D eigenvalue weighted by atomic mass is 16.7. The lowest BCUT2D eigenvalue weighted by Crippen LogP contribution is -2.41. The molecular weight excluding hydrogens is 489 g/mol. The Bertz CT molecular complexity index is 1360. The third-order valence-electron chi connectivity index (χ3n) is 8.13. The van der Waals surface area contributed by atoms with Gasteiger partial charge in [0.25, 0.3) is 0 Å². The van der Waals surface area contributed by atoms with Gasteiger partial charge in [0, 0.05) is 12.5 Å². The zero-order valence-electron chi connectivity index (χ0n) is 23.2. The first kappa shape index (κ1) is 26.8. The molecule has 0 unspecified atom stereocenters. The van der Waals surface area contributed by atoms with Gasteiger partial charge in [-0.1, -0.05) is 54.6 Å². The van der Waals surface area contributed by atoms with E-state index in [1.165, 1.54) is 22.3 Å². The van der Waals surface area contributed by atoms with Gasteiger partial charge in [-0.25, -0.2) is 4.79 Å². The molecule has 1 heterocycles. The van der Waals surface area contributed by atoms with Gasteiger partial charge in [0.1, 0.15) is 6.61 Å². The minimum atomic E-state index is -0.650. The number of amides is 1. The number of carbonyl (C=O) groups excluding carboxylic acids is 1. The molecule has 0 atom stereocenters. The first-order valence-electron chi connectivity index (χ1n) is 13.3. The molecule has 1 aliphatic carbocycles. The number of fused-ring (bicyclic) bond motifs is 3. The molecule has 2 aliphatic rings. The van der Waals surface area contributed by atoms with Crippen molar-refractivity contribution >= 4 is 30.7 Å². The molecule has 1 amide bonds. The summed E-state index contributed by atoms with van der Waals surface area (Å²) in [6.45, 7) is 10.3. The first-order valence-corrected chi connectivity index (χ1v) is 13.3. The largest absolute Gasteiger partial charge is 0.492 e. The summed E-state index contributed by atoms with van der Waals surface area (Å²) in [6.07, 6.45) is 1.42. The fourth-order valence-electron chi connectivity index (χ4n) is 5.17. The normalized spacial score (nSPS) is 17.6. The van der Waals surface area contributed by atoms with Crippen LogP contribution in [0.4, 0.5) is 16.2 Å². The van der Waals surface area contributed by atoms with Crippen LogP contribution in [0.5, 0.6) is 0 Å². The fraction of sp³-hybridized carbons (Fsp3) is 0.323. The minimum Gasteiger partial charge on any atom is -0.449 e. The second-order valence-corrected chi connectivity index (χ2v) is 11.3. The highest BCUT2D eigenvalue weighted by Crippen LogP contribution is 2.44. The molecule has 202 valence electrons. The average molecular weight is 525 g/mol. The topological polar surface area (TPSA) is 109 Å². The Morgan fingerprint density at radius 2 is 1.54 bits per heavy atom. The van der Waals surface area contributed by atoms with Crippen molar-refractivity contribution < 1.29 is 18.8 Å². The number of hydrogen-bond acceptors (Lipinski definition) is 6. The Kier molecular flexibility index (Phi) is 6.95.